The smallest absolute Gasteiger partial charge is 0.221 e. The zero-order chi connectivity index (χ0) is 20.1. The summed E-state index contributed by atoms with van der Waals surface area (Å²) in [5, 5.41) is 2.88. The molecule has 0 bridgehead atoms. The highest BCUT2D eigenvalue weighted by Crippen LogP contribution is 2.29. The third kappa shape index (κ3) is 4.91. The Morgan fingerprint density at radius 3 is 2.64 bits per heavy atom. The second-order valence-electron chi connectivity index (χ2n) is 7.13. The van der Waals surface area contributed by atoms with Crippen molar-refractivity contribution in [3.63, 3.8) is 0 Å². The van der Waals surface area contributed by atoms with Gasteiger partial charge in [-0.15, -0.1) is 0 Å². The van der Waals surface area contributed by atoms with Crippen LogP contribution in [0.25, 0.3) is 0 Å². The van der Waals surface area contributed by atoms with E-state index in [1.807, 2.05) is 31.1 Å². The van der Waals surface area contributed by atoms with Crippen LogP contribution in [0.15, 0.2) is 53.4 Å². The van der Waals surface area contributed by atoms with Gasteiger partial charge < -0.3 is 15.0 Å². The summed E-state index contributed by atoms with van der Waals surface area (Å²) in [5.74, 6) is 0.457. The van der Waals surface area contributed by atoms with Crippen LogP contribution in [0, 0.1) is 0 Å². The molecule has 7 heteroatoms. The van der Waals surface area contributed by atoms with Crippen molar-refractivity contribution in [3.8, 4) is 5.75 Å². The second-order valence-corrected chi connectivity index (χ2v) is 9.24. The number of benzene rings is 2. The molecule has 3 rings (SSSR count). The number of carbonyl (C=O) groups is 1. The standard InChI is InChI=1S/C21H26N2O4S/c1-23(2)19(16-8-9-20-17(14-16)10-12-27-20)15-22-21(24)11-13-28(25,26)18-6-4-3-5-7-18/h3-9,14,19H,10-13,15H2,1-2H3,(H,22,24). The number of rotatable bonds is 8. The summed E-state index contributed by atoms with van der Waals surface area (Å²) in [4.78, 5) is 14.5. The molecule has 1 heterocycles. The largest absolute Gasteiger partial charge is 0.493 e. The van der Waals surface area contributed by atoms with Crippen LogP contribution in [0.2, 0.25) is 0 Å². The number of fused-ring (bicyclic) bond motifs is 1. The van der Waals surface area contributed by atoms with Crippen molar-refractivity contribution in [2.75, 3.05) is 33.0 Å². The van der Waals surface area contributed by atoms with Crippen LogP contribution in [0.4, 0.5) is 0 Å². The number of amides is 1. The van der Waals surface area contributed by atoms with E-state index in [0.29, 0.717) is 13.2 Å². The molecule has 1 unspecified atom stereocenters. The lowest BCUT2D eigenvalue weighted by Crippen LogP contribution is -2.35. The topological polar surface area (TPSA) is 75.7 Å². The highest BCUT2D eigenvalue weighted by Gasteiger charge is 2.20. The van der Waals surface area contributed by atoms with Crippen molar-refractivity contribution in [2.24, 2.45) is 0 Å². The fourth-order valence-corrected chi connectivity index (χ4v) is 4.55. The number of hydrogen-bond donors (Lipinski definition) is 1. The van der Waals surface area contributed by atoms with E-state index in [0.717, 1.165) is 17.7 Å². The SMILES string of the molecule is CN(C)C(CNC(=O)CCS(=O)(=O)c1ccccc1)c1ccc2c(c1)CCO2. The summed E-state index contributed by atoms with van der Waals surface area (Å²) in [5.41, 5.74) is 2.29. The number of carbonyl (C=O) groups excluding carboxylic acids is 1. The van der Waals surface area contributed by atoms with E-state index in [-0.39, 0.29) is 29.0 Å². The molecule has 0 radical (unpaired) electrons. The van der Waals surface area contributed by atoms with Crippen molar-refractivity contribution < 1.29 is 17.9 Å². The molecule has 0 saturated heterocycles. The van der Waals surface area contributed by atoms with Crippen molar-refractivity contribution in [1.82, 2.24) is 10.2 Å². The van der Waals surface area contributed by atoms with Crippen molar-refractivity contribution in [3.05, 3.63) is 59.7 Å². The number of likely N-dealkylation sites (N-methyl/N-ethyl adjacent to an activating group) is 1. The lowest BCUT2D eigenvalue weighted by atomic mass is 10.0. The van der Waals surface area contributed by atoms with E-state index in [9.17, 15) is 13.2 Å². The van der Waals surface area contributed by atoms with E-state index in [2.05, 4.69) is 11.4 Å². The summed E-state index contributed by atoms with van der Waals surface area (Å²) >= 11 is 0. The predicted octanol–water partition coefficient (Wildman–Crippen LogP) is 2.20. The summed E-state index contributed by atoms with van der Waals surface area (Å²) in [6.07, 6.45) is 0.836. The summed E-state index contributed by atoms with van der Waals surface area (Å²) in [6, 6.07) is 14.3. The van der Waals surface area contributed by atoms with Crippen LogP contribution in [-0.2, 0) is 21.1 Å². The number of sulfone groups is 1. The van der Waals surface area contributed by atoms with Gasteiger partial charge >= 0.3 is 0 Å². The molecule has 1 N–H and O–H groups in total. The number of nitrogens with one attached hydrogen (secondary N) is 1. The fraction of sp³-hybridized carbons (Fsp3) is 0.381. The molecular formula is C21H26N2O4S. The van der Waals surface area contributed by atoms with E-state index in [1.165, 1.54) is 5.56 Å². The Hall–Kier alpha value is -2.38. The first-order valence-electron chi connectivity index (χ1n) is 9.33. The second kappa shape index (κ2) is 8.75. The molecule has 150 valence electrons. The van der Waals surface area contributed by atoms with E-state index < -0.39 is 9.84 Å². The fourth-order valence-electron chi connectivity index (χ4n) is 3.28. The molecule has 0 spiro atoms. The van der Waals surface area contributed by atoms with Crippen molar-refractivity contribution in [1.29, 1.82) is 0 Å². The zero-order valence-electron chi connectivity index (χ0n) is 16.2. The number of nitrogens with zero attached hydrogens (tertiary/aromatic N) is 1. The maximum Gasteiger partial charge on any atom is 0.221 e. The van der Waals surface area contributed by atoms with Crippen LogP contribution >= 0.6 is 0 Å². The van der Waals surface area contributed by atoms with Gasteiger partial charge in [-0.3, -0.25) is 4.79 Å². The molecule has 0 fully saturated rings. The third-order valence-corrected chi connectivity index (χ3v) is 6.65. The molecule has 0 saturated carbocycles. The molecule has 0 aromatic heterocycles. The van der Waals surface area contributed by atoms with E-state index >= 15 is 0 Å². The highest BCUT2D eigenvalue weighted by molar-refractivity contribution is 7.91. The molecule has 1 amide bonds. The summed E-state index contributed by atoms with van der Waals surface area (Å²) in [6.45, 7) is 1.12. The Kier molecular flexibility index (Phi) is 6.36. The maximum absolute atomic E-state index is 12.3. The molecule has 0 aliphatic carbocycles. The summed E-state index contributed by atoms with van der Waals surface area (Å²) < 4.78 is 30.2. The third-order valence-electron chi connectivity index (χ3n) is 4.91. The van der Waals surface area contributed by atoms with Gasteiger partial charge in [0.05, 0.1) is 23.3 Å². The van der Waals surface area contributed by atoms with Gasteiger partial charge in [-0.2, -0.15) is 0 Å². The normalized spacial score (nSPS) is 14.4. The molecular weight excluding hydrogens is 376 g/mol. The minimum atomic E-state index is -3.45. The van der Waals surface area contributed by atoms with Gasteiger partial charge in [0.15, 0.2) is 9.84 Å². The first kappa shape index (κ1) is 20.4. The molecule has 1 aliphatic heterocycles. The van der Waals surface area contributed by atoms with Crippen LogP contribution in [-0.4, -0.2) is 52.2 Å². The quantitative estimate of drug-likeness (QED) is 0.733. The van der Waals surface area contributed by atoms with Crippen LogP contribution < -0.4 is 10.1 Å². The predicted molar refractivity (Wildman–Crippen MR) is 108 cm³/mol. The van der Waals surface area contributed by atoms with Gasteiger partial charge in [0.1, 0.15) is 5.75 Å². The van der Waals surface area contributed by atoms with E-state index in [4.69, 9.17) is 4.74 Å². The minimum Gasteiger partial charge on any atom is -0.493 e. The monoisotopic (exact) mass is 402 g/mol. The van der Waals surface area contributed by atoms with Crippen LogP contribution in [0.3, 0.4) is 0 Å². The highest BCUT2D eigenvalue weighted by atomic mass is 32.2. The number of hydrogen-bond acceptors (Lipinski definition) is 5. The van der Waals surface area contributed by atoms with Gasteiger partial charge in [0.2, 0.25) is 5.91 Å². The van der Waals surface area contributed by atoms with Gasteiger partial charge in [0, 0.05) is 19.4 Å². The first-order valence-corrected chi connectivity index (χ1v) is 11.0. The lowest BCUT2D eigenvalue weighted by molar-refractivity contribution is -0.120. The summed E-state index contributed by atoms with van der Waals surface area (Å²) in [7, 11) is 0.463. The molecule has 1 atom stereocenters. The molecule has 28 heavy (non-hydrogen) atoms. The van der Waals surface area contributed by atoms with Gasteiger partial charge in [-0.25, -0.2) is 8.42 Å². The maximum atomic E-state index is 12.3. The van der Waals surface area contributed by atoms with Gasteiger partial charge in [-0.1, -0.05) is 30.3 Å². The lowest BCUT2D eigenvalue weighted by Gasteiger charge is -2.25. The Balaban J connectivity index is 1.57. The molecule has 6 nitrogen and oxygen atoms in total. The van der Waals surface area contributed by atoms with Gasteiger partial charge in [-0.05, 0) is 43.4 Å². The van der Waals surface area contributed by atoms with Crippen LogP contribution in [0.1, 0.15) is 23.6 Å². The van der Waals surface area contributed by atoms with Gasteiger partial charge in [0.25, 0.3) is 0 Å². The zero-order valence-corrected chi connectivity index (χ0v) is 17.0. The van der Waals surface area contributed by atoms with Crippen molar-refractivity contribution in [2.45, 2.75) is 23.8 Å². The van der Waals surface area contributed by atoms with Crippen molar-refractivity contribution >= 4 is 15.7 Å². The Morgan fingerprint density at radius 1 is 1.18 bits per heavy atom. The average molecular weight is 403 g/mol. The molecule has 2 aromatic carbocycles. The molecule has 1 aliphatic rings. The Bertz CT molecular complexity index is 927. The van der Waals surface area contributed by atoms with E-state index in [1.54, 1.807) is 30.3 Å². The number of ether oxygens (including phenoxy) is 1. The minimum absolute atomic E-state index is 0.000537. The van der Waals surface area contributed by atoms with Crippen LogP contribution in [0.5, 0.6) is 5.75 Å². The average Bonchev–Trinajstić information content (AvgIpc) is 3.15. The Labute approximate surface area is 166 Å². The molecule has 2 aromatic rings. The Morgan fingerprint density at radius 2 is 1.93 bits per heavy atom. The first-order chi connectivity index (χ1) is 13.4.